The Bertz CT molecular complexity index is 438. The van der Waals surface area contributed by atoms with Crippen LogP contribution < -0.4 is 4.74 Å². The summed E-state index contributed by atoms with van der Waals surface area (Å²) in [5.74, 6) is 0.778. The topological polar surface area (TPSA) is 73.2 Å². The summed E-state index contributed by atoms with van der Waals surface area (Å²) in [6.45, 7) is 2.42. The number of benzene rings is 1. The highest BCUT2D eigenvalue weighted by Crippen LogP contribution is 2.33. The van der Waals surface area contributed by atoms with E-state index in [1.807, 2.05) is 29.2 Å². The molecule has 1 aromatic rings. The van der Waals surface area contributed by atoms with Crippen LogP contribution in [0.1, 0.15) is 24.9 Å². The van der Waals surface area contributed by atoms with Crippen molar-refractivity contribution in [3.8, 4) is 5.75 Å². The van der Waals surface area contributed by atoms with Crippen molar-refractivity contribution >= 4 is 0 Å². The Morgan fingerprint density at radius 2 is 2.15 bits per heavy atom. The summed E-state index contributed by atoms with van der Waals surface area (Å²) < 4.78 is 5.23. The van der Waals surface area contributed by atoms with Crippen LogP contribution in [0.15, 0.2) is 24.3 Å². The molecule has 1 aliphatic rings. The first-order chi connectivity index (χ1) is 9.51. The molecule has 1 saturated heterocycles. The van der Waals surface area contributed by atoms with Crippen LogP contribution in [0.25, 0.3) is 0 Å². The monoisotopic (exact) mass is 281 g/mol. The first-order valence-corrected chi connectivity index (χ1v) is 6.93. The normalized spacial score (nSPS) is 26.4. The van der Waals surface area contributed by atoms with Gasteiger partial charge in [0.25, 0.3) is 0 Å². The van der Waals surface area contributed by atoms with Crippen LogP contribution in [0.3, 0.4) is 0 Å². The van der Waals surface area contributed by atoms with Gasteiger partial charge in [-0.25, -0.2) is 0 Å². The van der Waals surface area contributed by atoms with E-state index >= 15 is 0 Å². The Morgan fingerprint density at radius 3 is 2.80 bits per heavy atom. The largest absolute Gasteiger partial charge is 0.497 e. The predicted octanol–water partition coefficient (Wildman–Crippen LogP) is 0.545. The number of methoxy groups -OCH3 is 1. The Kier molecular flexibility index (Phi) is 4.99. The number of aliphatic hydroxyl groups is 3. The van der Waals surface area contributed by atoms with Crippen LogP contribution >= 0.6 is 0 Å². The van der Waals surface area contributed by atoms with Gasteiger partial charge in [-0.1, -0.05) is 12.1 Å². The fraction of sp³-hybridized carbons (Fsp3) is 0.600. The van der Waals surface area contributed by atoms with E-state index < -0.39 is 18.3 Å². The van der Waals surface area contributed by atoms with Gasteiger partial charge in [0.2, 0.25) is 0 Å². The Morgan fingerprint density at radius 1 is 1.40 bits per heavy atom. The Hall–Kier alpha value is -1.14. The van der Waals surface area contributed by atoms with Crippen LogP contribution in [0.5, 0.6) is 5.75 Å². The minimum Gasteiger partial charge on any atom is -0.497 e. The SMILES string of the molecule is COc1cccc(C2CC(O)CN2CC(O)C(C)O)c1. The molecule has 112 valence electrons. The molecule has 1 fully saturated rings. The van der Waals surface area contributed by atoms with Crippen molar-refractivity contribution < 1.29 is 20.1 Å². The van der Waals surface area contributed by atoms with E-state index in [-0.39, 0.29) is 6.04 Å². The molecule has 0 aliphatic carbocycles. The summed E-state index contributed by atoms with van der Waals surface area (Å²) in [5.41, 5.74) is 1.05. The second-order valence-corrected chi connectivity index (χ2v) is 5.44. The van der Waals surface area contributed by atoms with E-state index in [9.17, 15) is 15.3 Å². The molecule has 3 N–H and O–H groups in total. The molecular weight excluding hydrogens is 258 g/mol. The maximum Gasteiger partial charge on any atom is 0.119 e. The molecule has 0 bridgehead atoms. The lowest BCUT2D eigenvalue weighted by atomic mass is 10.0. The molecule has 0 aromatic heterocycles. The number of hydrogen-bond donors (Lipinski definition) is 3. The van der Waals surface area contributed by atoms with Crippen molar-refractivity contribution in [2.75, 3.05) is 20.2 Å². The number of ether oxygens (including phenoxy) is 1. The molecular formula is C15H23NO4. The van der Waals surface area contributed by atoms with E-state index in [4.69, 9.17) is 4.74 Å². The summed E-state index contributed by atoms with van der Waals surface area (Å²) in [4.78, 5) is 2.01. The summed E-state index contributed by atoms with van der Waals surface area (Å²) in [6.07, 6.45) is -1.38. The second kappa shape index (κ2) is 6.54. The Labute approximate surface area is 119 Å². The van der Waals surface area contributed by atoms with Gasteiger partial charge < -0.3 is 20.1 Å². The van der Waals surface area contributed by atoms with Gasteiger partial charge in [0.1, 0.15) is 5.75 Å². The van der Waals surface area contributed by atoms with Crippen LogP contribution in [0.2, 0.25) is 0 Å². The van der Waals surface area contributed by atoms with Gasteiger partial charge in [-0.15, -0.1) is 0 Å². The third kappa shape index (κ3) is 3.49. The van der Waals surface area contributed by atoms with E-state index in [0.717, 1.165) is 11.3 Å². The molecule has 0 saturated carbocycles. The predicted molar refractivity (Wildman–Crippen MR) is 75.6 cm³/mol. The number of β-amino-alcohol motifs (C(OH)–C–C–N with tert-alkyl or cyclic N) is 2. The minimum absolute atomic E-state index is 0.0356. The molecule has 1 aromatic carbocycles. The van der Waals surface area contributed by atoms with Gasteiger partial charge in [-0.3, -0.25) is 4.90 Å². The third-order valence-corrected chi connectivity index (χ3v) is 3.84. The molecule has 20 heavy (non-hydrogen) atoms. The standard InChI is InChI=1S/C15H23NO4/c1-10(17)15(19)9-16-8-12(18)7-14(16)11-4-3-5-13(6-11)20-2/h3-6,10,12,14-15,17-19H,7-9H2,1-2H3. The van der Waals surface area contributed by atoms with E-state index in [2.05, 4.69) is 0 Å². The lowest BCUT2D eigenvalue weighted by Crippen LogP contribution is -2.38. The lowest BCUT2D eigenvalue weighted by Gasteiger charge is -2.28. The van der Waals surface area contributed by atoms with Crippen molar-refractivity contribution in [1.82, 2.24) is 4.90 Å². The van der Waals surface area contributed by atoms with Gasteiger partial charge >= 0.3 is 0 Å². The molecule has 0 radical (unpaired) electrons. The molecule has 0 spiro atoms. The third-order valence-electron chi connectivity index (χ3n) is 3.84. The zero-order valence-corrected chi connectivity index (χ0v) is 11.9. The highest BCUT2D eigenvalue weighted by atomic mass is 16.5. The number of hydrogen-bond acceptors (Lipinski definition) is 5. The number of nitrogens with zero attached hydrogens (tertiary/aromatic N) is 1. The molecule has 4 unspecified atom stereocenters. The van der Waals surface area contributed by atoms with E-state index in [1.165, 1.54) is 0 Å². The van der Waals surface area contributed by atoms with Crippen LogP contribution in [-0.4, -0.2) is 58.7 Å². The van der Waals surface area contributed by atoms with Crippen molar-refractivity contribution in [1.29, 1.82) is 0 Å². The molecule has 0 amide bonds. The maximum atomic E-state index is 9.89. The zero-order valence-electron chi connectivity index (χ0n) is 11.9. The van der Waals surface area contributed by atoms with Crippen molar-refractivity contribution in [2.45, 2.75) is 37.7 Å². The fourth-order valence-electron chi connectivity index (χ4n) is 2.67. The van der Waals surface area contributed by atoms with Crippen LogP contribution in [-0.2, 0) is 0 Å². The van der Waals surface area contributed by atoms with Gasteiger partial charge in [0.15, 0.2) is 0 Å². The molecule has 1 aliphatic heterocycles. The smallest absolute Gasteiger partial charge is 0.119 e. The summed E-state index contributed by atoms with van der Waals surface area (Å²) >= 11 is 0. The quantitative estimate of drug-likeness (QED) is 0.735. The van der Waals surface area contributed by atoms with Gasteiger partial charge in [0.05, 0.1) is 25.4 Å². The summed E-state index contributed by atoms with van der Waals surface area (Å²) in [6, 6.07) is 7.78. The molecule has 5 nitrogen and oxygen atoms in total. The first-order valence-electron chi connectivity index (χ1n) is 6.93. The van der Waals surface area contributed by atoms with Gasteiger partial charge in [-0.2, -0.15) is 0 Å². The van der Waals surface area contributed by atoms with E-state index in [1.54, 1.807) is 14.0 Å². The molecule has 4 atom stereocenters. The van der Waals surface area contributed by atoms with Crippen molar-refractivity contribution in [3.63, 3.8) is 0 Å². The summed E-state index contributed by atoms with van der Waals surface area (Å²) in [7, 11) is 1.62. The van der Waals surface area contributed by atoms with E-state index in [0.29, 0.717) is 19.5 Å². The highest BCUT2D eigenvalue weighted by Gasteiger charge is 2.33. The van der Waals surface area contributed by atoms with Crippen molar-refractivity contribution in [2.24, 2.45) is 0 Å². The average molecular weight is 281 g/mol. The lowest BCUT2D eigenvalue weighted by molar-refractivity contribution is 0.00344. The molecule has 5 heteroatoms. The van der Waals surface area contributed by atoms with Crippen LogP contribution in [0, 0.1) is 0 Å². The van der Waals surface area contributed by atoms with Crippen molar-refractivity contribution in [3.05, 3.63) is 29.8 Å². The molecule has 2 rings (SSSR count). The maximum absolute atomic E-state index is 9.89. The van der Waals surface area contributed by atoms with Gasteiger partial charge in [0, 0.05) is 19.1 Å². The number of aliphatic hydroxyl groups excluding tert-OH is 3. The highest BCUT2D eigenvalue weighted by molar-refractivity contribution is 5.31. The zero-order chi connectivity index (χ0) is 14.7. The summed E-state index contributed by atoms with van der Waals surface area (Å²) in [5, 5.41) is 29.2. The second-order valence-electron chi connectivity index (χ2n) is 5.44. The first kappa shape index (κ1) is 15.3. The molecule has 1 heterocycles. The number of likely N-dealkylation sites (tertiary alicyclic amines) is 1. The van der Waals surface area contributed by atoms with Gasteiger partial charge in [-0.05, 0) is 31.0 Å². The van der Waals surface area contributed by atoms with Crippen LogP contribution in [0.4, 0.5) is 0 Å². The average Bonchev–Trinajstić information content (AvgIpc) is 2.79. The Balaban J connectivity index is 2.14. The fourth-order valence-corrected chi connectivity index (χ4v) is 2.67. The minimum atomic E-state index is -0.812. The number of rotatable bonds is 5.